The summed E-state index contributed by atoms with van der Waals surface area (Å²) in [4.78, 5) is 11.7. The predicted octanol–water partition coefficient (Wildman–Crippen LogP) is 14.9. The van der Waals surface area contributed by atoms with Crippen molar-refractivity contribution in [2.75, 3.05) is 23.5 Å². The van der Waals surface area contributed by atoms with Crippen LogP contribution in [0.2, 0.25) is 0 Å². The quantitative estimate of drug-likeness (QED) is 0.0853. The van der Waals surface area contributed by atoms with Crippen molar-refractivity contribution in [1.82, 2.24) is 0 Å². The summed E-state index contributed by atoms with van der Waals surface area (Å²) in [6.45, 7) is 18.8. The van der Waals surface area contributed by atoms with Gasteiger partial charge in [-0.05, 0) is 126 Å². The number of rotatable bonds is 13. The minimum absolute atomic E-state index is 0. The van der Waals surface area contributed by atoms with Crippen LogP contribution >= 0.6 is 0 Å². The van der Waals surface area contributed by atoms with Crippen LogP contribution in [0.25, 0.3) is 34.0 Å². The summed E-state index contributed by atoms with van der Waals surface area (Å²) in [5.74, 6) is 1.55. The van der Waals surface area contributed by atoms with E-state index in [1.807, 2.05) is 165 Å². The van der Waals surface area contributed by atoms with E-state index in [2.05, 4.69) is 31.6 Å². The van der Waals surface area contributed by atoms with Crippen molar-refractivity contribution in [3.05, 3.63) is 214 Å². The molecule has 0 bridgehead atoms. The zero-order valence-corrected chi connectivity index (χ0v) is 33.5. The first-order valence-electron chi connectivity index (χ1n) is 19.4. The van der Waals surface area contributed by atoms with E-state index >= 15 is 0 Å². The summed E-state index contributed by atoms with van der Waals surface area (Å²) in [5.41, 5.74) is 7.86. The molecule has 0 unspecified atom stereocenters. The Labute approximate surface area is 364 Å². The summed E-state index contributed by atoms with van der Waals surface area (Å²) < 4.78 is 11.0. The van der Waals surface area contributed by atoms with Gasteiger partial charge in [0.1, 0.15) is 11.5 Å². The zero-order chi connectivity index (χ0) is 42.6. The van der Waals surface area contributed by atoms with Gasteiger partial charge in [-0.1, -0.05) is 92.4 Å². The van der Waals surface area contributed by atoms with E-state index in [1.54, 1.807) is 31.4 Å². The third-order valence-electron chi connectivity index (χ3n) is 9.92. The number of ether oxygens (including phenoxy) is 2. The van der Waals surface area contributed by atoms with Crippen molar-refractivity contribution >= 4 is 69.8 Å². The molecule has 0 aliphatic rings. The first kappa shape index (κ1) is 42.8. The van der Waals surface area contributed by atoms with Crippen molar-refractivity contribution in [2.24, 2.45) is 0 Å². The molecule has 0 saturated heterocycles. The monoisotopic (exact) mass is 806 g/mol. The van der Waals surface area contributed by atoms with E-state index in [0.29, 0.717) is 6.61 Å². The lowest BCUT2D eigenvalue weighted by Crippen LogP contribution is -2.09. The summed E-state index contributed by atoms with van der Waals surface area (Å²) in [6.07, 6.45) is 6.86. The summed E-state index contributed by atoms with van der Waals surface area (Å²) in [6, 6.07) is 55.9. The molecule has 8 heteroatoms. The Kier molecular flexibility index (Phi) is 14.0. The van der Waals surface area contributed by atoms with Crippen molar-refractivity contribution < 1.29 is 9.47 Å². The highest BCUT2D eigenvalue weighted by Gasteiger charge is 2.22. The Hall–Kier alpha value is -8.82. The number of hydrogen-bond acceptors (Lipinski definition) is 6. The molecule has 0 N–H and O–H groups in total. The maximum atomic E-state index is 10.4. The number of methoxy groups -OCH3 is 1. The molecule has 0 saturated carbocycles. The van der Waals surface area contributed by atoms with Crippen LogP contribution in [0.15, 0.2) is 158 Å². The second kappa shape index (κ2) is 20.2. The lowest BCUT2D eigenvalue weighted by molar-refractivity contribution is 0.340. The van der Waals surface area contributed by atoms with Gasteiger partial charge in [0.2, 0.25) is 11.4 Å². The van der Waals surface area contributed by atoms with Gasteiger partial charge in [0, 0.05) is 34.1 Å². The lowest BCUT2D eigenvalue weighted by Gasteiger charge is -2.25. The normalized spacial score (nSPS) is 10.5. The molecule has 0 aliphatic heterocycles. The first-order valence-corrected chi connectivity index (χ1v) is 19.4. The Balaban J connectivity index is 0.00000641. The standard InChI is InChI=1S/C53H38N6O2.CH4/c1-5-61-47-32-28-45(29-33-47)59(41-14-10-7-11-15-41)43-22-16-38(17-23-43)20-34-48-50(36-54)52(56-2)49(53(57-3)51(48)37-55)35-21-39-18-24-42(25-19-39)58(40-12-8-6-9-13-40)44-26-30-46(60-4)31-27-44;/h6-35H,5H2,1,4H3;1H4/b34-20-,35-21-;. The number of nitriles is 2. The van der Waals surface area contributed by atoms with E-state index in [9.17, 15) is 10.5 Å². The van der Waals surface area contributed by atoms with Gasteiger partial charge in [-0.2, -0.15) is 10.5 Å². The Morgan fingerprint density at radius 3 is 1.21 bits per heavy atom. The molecule has 62 heavy (non-hydrogen) atoms. The Morgan fingerprint density at radius 2 is 0.855 bits per heavy atom. The van der Waals surface area contributed by atoms with Gasteiger partial charge in [0.15, 0.2) is 0 Å². The lowest BCUT2D eigenvalue weighted by atomic mass is 9.92. The molecule has 0 heterocycles. The number of benzene rings is 7. The third kappa shape index (κ3) is 9.23. The minimum Gasteiger partial charge on any atom is -0.497 e. The maximum Gasteiger partial charge on any atom is 0.202 e. The second-order valence-corrected chi connectivity index (χ2v) is 13.5. The third-order valence-corrected chi connectivity index (χ3v) is 9.92. The van der Waals surface area contributed by atoms with Crippen LogP contribution in [0.4, 0.5) is 45.5 Å². The molecule has 0 amide bonds. The molecular formula is C54H42N6O2. The van der Waals surface area contributed by atoms with Gasteiger partial charge < -0.3 is 19.3 Å². The molecule has 0 aliphatic carbocycles. The van der Waals surface area contributed by atoms with Crippen LogP contribution in [0.5, 0.6) is 11.5 Å². The van der Waals surface area contributed by atoms with E-state index < -0.39 is 0 Å². The average Bonchev–Trinajstić information content (AvgIpc) is 3.32. The first-order chi connectivity index (χ1) is 30.0. The molecule has 0 fully saturated rings. The highest BCUT2D eigenvalue weighted by Crippen LogP contribution is 2.42. The van der Waals surface area contributed by atoms with E-state index in [1.165, 1.54) is 0 Å². The molecule has 0 aromatic heterocycles. The second-order valence-electron chi connectivity index (χ2n) is 13.5. The molecule has 7 aromatic rings. The topological polar surface area (TPSA) is 81.2 Å². The molecule has 8 nitrogen and oxygen atoms in total. The predicted molar refractivity (Wildman–Crippen MR) is 253 cm³/mol. The van der Waals surface area contributed by atoms with Crippen molar-refractivity contribution in [3.63, 3.8) is 0 Å². The number of nitrogens with zero attached hydrogens (tertiary/aromatic N) is 6. The van der Waals surface area contributed by atoms with Gasteiger partial charge in [-0.25, -0.2) is 9.69 Å². The largest absolute Gasteiger partial charge is 0.497 e. The number of hydrogen-bond donors (Lipinski definition) is 0. The summed E-state index contributed by atoms with van der Waals surface area (Å²) in [5, 5.41) is 20.8. The van der Waals surface area contributed by atoms with Crippen molar-refractivity contribution in [2.45, 2.75) is 14.4 Å². The molecule has 7 aromatic carbocycles. The van der Waals surface area contributed by atoms with Crippen LogP contribution in [0.3, 0.4) is 0 Å². The van der Waals surface area contributed by atoms with Crippen LogP contribution in [0, 0.1) is 35.8 Å². The smallest absolute Gasteiger partial charge is 0.202 e. The van der Waals surface area contributed by atoms with Crippen LogP contribution < -0.4 is 19.3 Å². The van der Waals surface area contributed by atoms with Gasteiger partial charge in [-0.15, -0.1) is 0 Å². The van der Waals surface area contributed by atoms with Crippen LogP contribution in [-0.4, -0.2) is 13.7 Å². The van der Waals surface area contributed by atoms with E-state index in [4.69, 9.17) is 22.6 Å². The molecule has 7 rings (SSSR count). The zero-order valence-electron chi connectivity index (χ0n) is 33.5. The Bertz CT molecular complexity index is 2810. The van der Waals surface area contributed by atoms with Crippen molar-refractivity contribution in [3.8, 4) is 23.6 Å². The van der Waals surface area contributed by atoms with Crippen molar-refractivity contribution in [1.29, 1.82) is 10.5 Å². The van der Waals surface area contributed by atoms with Crippen LogP contribution in [0.1, 0.15) is 47.7 Å². The fourth-order valence-electron chi connectivity index (χ4n) is 7.01. The summed E-state index contributed by atoms with van der Waals surface area (Å²) >= 11 is 0. The molecule has 300 valence electrons. The highest BCUT2D eigenvalue weighted by molar-refractivity contribution is 5.96. The van der Waals surface area contributed by atoms with E-state index in [0.717, 1.165) is 56.8 Å². The average molecular weight is 807 g/mol. The van der Waals surface area contributed by atoms with Gasteiger partial charge in [0.25, 0.3) is 0 Å². The number of anilines is 6. The fraction of sp³-hybridized carbons (Fsp3) is 0.0741. The molecule has 0 radical (unpaired) electrons. The SMILES string of the molecule is C.[C-]#[N+]c1c(C#N)c(/C=C\c2ccc(N(c3ccccc3)c3ccc(OCC)cc3)cc2)c(C#N)c([N+]#[C-])c1/C=C\c1ccc(N(c2ccccc2)c2ccc(OC)cc2)cc1. The molecule has 0 spiro atoms. The van der Waals surface area contributed by atoms with Gasteiger partial charge in [0.05, 0.1) is 50.1 Å². The van der Waals surface area contributed by atoms with Gasteiger partial charge in [-0.3, -0.25) is 0 Å². The van der Waals surface area contributed by atoms with E-state index in [-0.39, 0.29) is 41.1 Å². The molecule has 0 atom stereocenters. The minimum atomic E-state index is 0. The fourth-order valence-corrected chi connectivity index (χ4v) is 7.01. The summed E-state index contributed by atoms with van der Waals surface area (Å²) in [7, 11) is 1.64. The highest BCUT2D eigenvalue weighted by atomic mass is 16.5. The maximum absolute atomic E-state index is 10.4. The Morgan fingerprint density at radius 1 is 0.500 bits per heavy atom. The van der Waals surface area contributed by atoms with Gasteiger partial charge >= 0.3 is 0 Å². The molecular weight excluding hydrogens is 765 g/mol. The van der Waals surface area contributed by atoms with Crippen LogP contribution in [-0.2, 0) is 0 Å². The number of para-hydroxylation sites is 2.